The summed E-state index contributed by atoms with van der Waals surface area (Å²) in [7, 11) is 0. The number of nitriles is 1. The Morgan fingerprint density at radius 2 is 1.92 bits per heavy atom. The van der Waals surface area contributed by atoms with Gasteiger partial charge in [0, 0.05) is 11.6 Å². The zero-order chi connectivity index (χ0) is 17.8. The molecule has 0 amide bonds. The summed E-state index contributed by atoms with van der Waals surface area (Å²) in [5.41, 5.74) is 1.59. The van der Waals surface area contributed by atoms with E-state index in [0.717, 1.165) is 5.56 Å². The number of halogens is 1. The molecule has 0 atom stereocenters. The van der Waals surface area contributed by atoms with Crippen LogP contribution >= 0.6 is 11.6 Å². The van der Waals surface area contributed by atoms with Gasteiger partial charge in [0.2, 0.25) is 0 Å². The van der Waals surface area contributed by atoms with Crippen LogP contribution in [-0.4, -0.2) is 4.92 Å². The van der Waals surface area contributed by atoms with Crippen LogP contribution in [0.3, 0.4) is 0 Å². The molecule has 3 rings (SSSR count). The van der Waals surface area contributed by atoms with Gasteiger partial charge in [0.15, 0.2) is 0 Å². The highest BCUT2D eigenvalue weighted by Crippen LogP contribution is 2.31. The molecule has 122 valence electrons. The summed E-state index contributed by atoms with van der Waals surface area (Å²) >= 11 is 5.82. The van der Waals surface area contributed by atoms with Crippen LogP contribution in [0.1, 0.15) is 11.3 Å². The summed E-state index contributed by atoms with van der Waals surface area (Å²) in [6.07, 6.45) is 1.63. The number of hydrogen-bond acceptors (Lipinski definition) is 4. The van der Waals surface area contributed by atoms with Crippen molar-refractivity contribution in [3.63, 3.8) is 0 Å². The van der Waals surface area contributed by atoms with Crippen molar-refractivity contribution in [2.45, 2.75) is 0 Å². The number of nitrogens with zero attached hydrogens (tertiary/aromatic N) is 2. The summed E-state index contributed by atoms with van der Waals surface area (Å²) in [5.74, 6) is 0.935. The normalized spacial score (nSPS) is 11.1. The molecule has 2 aromatic carbocycles. The van der Waals surface area contributed by atoms with Gasteiger partial charge in [-0.25, -0.2) is 0 Å². The van der Waals surface area contributed by atoms with Gasteiger partial charge >= 0.3 is 0 Å². The Labute approximate surface area is 148 Å². The van der Waals surface area contributed by atoms with Crippen LogP contribution in [0, 0.1) is 21.4 Å². The number of nitro groups is 1. The Bertz CT molecular complexity index is 1000. The van der Waals surface area contributed by atoms with Crippen LogP contribution in [0.4, 0.5) is 5.69 Å². The van der Waals surface area contributed by atoms with E-state index in [2.05, 4.69) is 6.07 Å². The molecule has 1 heterocycles. The summed E-state index contributed by atoms with van der Waals surface area (Å²) in [6.45, 7) is 0. The van der Waals surface area contributed by atoms with Crippen molar-refractivity contribution in [2.24, 2.45) is 0 Å². The molecule has 0 radical (unpaired) electrons. The molecule has 5 nitrogen and oxygen atoms in total. The Kier molecular flexibility index (Phi) is 4.64. The number of allylic oxidation sites excluding steroid dienone is 1. The van der Waals surface area contributed by atoms with Gasteiger partial charge in [-0.15, -0.1) is 0 Å². The lowest BCUT2D eigenvalue weighted by Crippen LogP contribution is -1.89. The molecule has 0 N–H and O–H groups in total. The quantitative estimate of drug-likeness (QED) is 0.350. The van der Waals surface area contributed by atoms with E-state index in [9.17, 15) is 15.4 Å². The topological polar surface area (TPSA) is 80.1 Å². The van der Waals surface area contributed by atoms with Gasteiger partial charge in [0.25, 0.3) is 5.69 Å². The van der Waals surface area contributed by atoms with Crippen molar-refractivity contribution in [1.82, 2.24) is 0 Å². The maximum absolute atomic E-state index is 11.0. The molecular formula is C19H11ClN2O3. The van der Waals surface area contributed by atoms with E-state index in [4.69, 9.17) is 16.0 Å². The van der Waals surface area contributed by atoms with E-state index >= 15 is 0 Å². The Balaban J connectivity index is 1.96. The van der Waals surface area contributed by atoms with Crippen LogP contribution in [0.2, 0.25) is 5.02 Å². The van der Waals surface area contributed by atoms with Crippen molar-refractivity contribution in [3.8, 4) is 17.4 Å². The first-order chi connectivity index (χ1) is 12.1. The van der Waals surface area contributed by atoms with Gasteiger partial charge in [0.1, 0.15) is 16.5 Å². The molecule has 0 aliphatic heterocycles. The summed E-state index contributed by atoms with van der Waals surface area (Å²) in [5, 5.41) is 20.4. The molecule has 0 bridgehead atoms. The highest BCUT2D eigenvalue weighted by atomic mass is 35.5. The van der Waals surface area contributed by atoms with Crippen molar-refractivity contribution >= 4 is 28.9 Å². The SMILES string of the molecule is N#C/C(=C\c1ccc(-c2ccc(Cl)c([N+](=O)[O-])c2)o1)c1ccccc1. The minimum Gasteiger partial charge on any atom is -0.457 e. The lowest BCUT2D eigenvalue weighted by molar-refractivity contribution is -0.384. The first-order valence-corrected chi connectivity index (χ1v) is 7.67. The number of nitro benzene ring substituents is 1. The van der Waals surface area contributed by atoms with Crippen LogP contribution in [0.25, 0.3) is 23.0 Å². The van der Waals surface area contributed by atoms with Crippen molar-refractivity contribution < 1.29 is 9.34 Å². The van der Waals surface area contributed by atoms with Crippen molar-refractivity contribution in [2.75, 3.05) is 0 Å². The fourth-order valence-corrected chi connectivity index (χ4v) is 2.52. The summed E-state index contributed by atoms with van der Waals surface area (Å²) < 4.78 is 5.70. The lowest BCUT2D eigenvalue weighted by Gasteiger charge is -2.00. The summed E-state index contributed by atoms with van der Waals surface area (Å²) in [6, 6.07) is 19.2. The molecular weight excluding hydrogens is 340 g/mol. The maximum atomic E-state index is 11.0. The molecule has 1 aromatic heterocycles. The average molecular weight is 351 g/mol. The predicted octanol–water partition coefficient (Wildman–Crippen LogP) is 5.57. The van der Waals surface area contributed by atoms with Crippen molar-refractivity contribution in [1.29, 1.82) is 5.26 Å². The van der Waals surface area contributed by atoms with Gasteiger partial charge in [0.05, 0.1) is 16.6 Å². The second-order valence-corrected chi connectivity index (χ2v) is 5.57. The minimum atomic E-state index is -0.543. The standard InChI is InChI=1S/C19H11ClN2O3/c20-17-8-6-14(11-18(17)22(23)24)19-9-7-16(25-19)10-15(12-21)13-4-2-1-3-5-13/h1-11H/b15-10+. The van der Waals surface area contributed by atoms with Gasteiger partial charge in [-0.05, 0) is 35.9 Å². The third kappa shape index (κ3) is 3.60. The second kappa shape index (κ2) is 7.04. The molecule has 3 aromatic rings. The number of benzene rings is 2. The lowest BCUT2D eigenvalue weighted by atomic mass is 10.1. The van der Waals surface area contributed by atoms with Crippen LogP contribution in [-0.2, 0) is 0 Å². The van der Waals surface area contributed by atoms with E-state index in [-0.39, 0.29) is 10.7 Å². The molecule has 0 aliphatic carbocycles. The van der Waals surface area contributed by atoms with Crippen LogP contribution in [0.5, 0.6) is 0 Å². The smallest absolute Gasteiger partial charge is 0.288 e. The molecule has 0 saturated heterocycles. The molecule has 0 saturated carbocycles. The maximum Gasteiger partial charge on any atom is 0.288 e. The average Bonchev–Trinajstić information content (AvgIpc) is 3.09. The van der Waals surface area contributed by atoms with E-state index in [1.54, 1.807) is 24.3 Å². The molecule has 0 aliphatic rings. The van der Waals surface area contributed by atoms with Gasteiger partial charge in [-0.3, -0.25) is 10.1 Å². The number of furan rings is 1. The molecule has 25 heavy (non-hydrogen) atoms. The molecule has 6 heteroatoms. The third-order valence-electron chi connectivity index (χ3n) is 3.55. The van der Waals surface area contributed by atoms with Gasteiger partial charge in [-0.2, -0.15) is 5.26 Å². The molecule has 0 spiro atoms. The summed E-state index contributed by atoms with van der Waals surface area (Å²) in [4.78, 5) is 10.5. The van der Waals surface area contributed by atoms with Crippen LogP contribution in [0.15, 0.2) is 65.1 Å². The van der Waals surface area contributed by atoms with E-state index in [0.29, 0.717) is 22.7 Å². The Morgan fingerprint density at radius 3 is 2.60 bits per heavy atom. The highest BCUT2D eigenvalue weighted by molar-refractivity contribution is 6.32. The first kappa shape index (κ1) is 16.5. The predicted molar refractivity (Wildman–Crippen MR) is 95.7 cm³/mol. The zero-order valence-corrected chi connectivity index (χ0v) is 13.6. The minimum absolute atomic E-state index is 0.0660. The first-order valence-electron chi connectivity index (χ1n) is 7.30. The van der Waals surface area contributed by atoms with Gasteiger partial charge < -0.3 is 4.42 Å². The fraction of sp³-hybridized carbons (Fsp3) is 0. The van der Waals surface area contributed by atoms with Gasteiger partial charge in [-0.1, -0.05) is 41.9 Å². The molecule has 0 unspecified atom stereocenters. The number of hydrogen-bond donors (Lipinski definition) is 0. The largest absolute Gasteiger partial charge is 0.457 e. The Hall–Kier alpha value is -3.36. The Morgan fingerprint density at radius 1 is 1.16 bits per heavy atom. The second-order valence-electron chi connectivity index (χ2n) is 5.16. The highest BCUT2D eigenvalue weighted by Gasteiger charge is 2.15. The third-order valence-corrected chi connectivity index (χ3v) is 3.87. The van der Waals surface area contributed by atoms with E-state index < -0.39 is 4.92 Å². The monoisotopic (exact) mass is 350 g/mol. The van der Waals surface area contributed by atoms with E-state index in [1.807, 2.05) is 30.3 Å². The number of rotatable bonds is 4. The van der Waals surface area contributed by atoms with E-state index in [1.165, 1.54) is 12.1 Å². The van der Waals surface area contributed by atoms with Crippen molar-refractivity contribution in [3.05, 3.63) is 87.1 Å². The fourth-order valence-electron chi connectivity index (χ4n) is 2.33. The van der Waals surface area contributed by atoms with Crippen LogP contribution < -0.4 is 0 Å². The molecule has 0 fully saturated rings. The zero-order valence-electron chi connectivity index (χ0n) is 12.8.